The van der Waals surface area contributed by atoms with Crippen LogP contribution in [0.4, 0.5) is 0 Å². The molecule has 0 aromatic heterocycles. The van der Waals surface area contributed by atoms with E-state index in [4.69, 9.17) is 0 Å². The zero-order chi connectivity index (χ0) is 7.56. The van der Waals surface area contributed by atoms with Crippen molar-refractivity contribution in [1.29, 1.82) is 0 Å². The first kappa shape index (κ1) is 9.05. The van der Waals surface area contributed by atoms with Crippen molar-refractivity contribution < 1.29 is 5.11 Å². The molecule has 0 radical (unpaired) electrons. The Bertz CT molecular complexity index is 116. The van der Waals surface area contributed by atoms with Crippen molar-refractivity contribution in [3.63, 3.8) is 0 Å². The number of hydrogen-bond acceptors (Lipinski definition) is 4. The number of hydrogen-bond donors (Lipinski definition) is 1. The van der Waals surface area contributed by atoms with Crippen molar-refractivity contribution in [2.75, 3.05) is 20.1 Å². The van der Waals surface area contributed by atoms with Gasteiger partial charge in [-0.3, -0.25) is 0 Å². The number of hydrazine groups is 1. The van der Waals surface area contributed by atoms with Crippen LogP contribution in [-0.2, 0) is 0 Å². The molecule has 0 aromatic rings. The fraction of sp³-hybridized carbons (Fsp3) is 1.00. The molecule has 0 aliphatic carbocycles. The Morgan fingerprint density at radius 3 is 2.90 bits per heavy atom. The van der Waals surface area contributed by atoms with Gasteiger partial charge in [-0.2, -0.15) is 4.41 Å². The van der Waals surface area contributed by atoms with E-state index >= 15 is 0 Å². The Hall–Kier alpha value is 0.960. The number of β-amino-alcohol motifs (C(OH)–C–C–N with tert-alkyl or cyclic N) is 1. The van der Waals surface area contributed by atoms with Crippen molar-refractivity contribution in [1.82, 2.24) is 9.42 Å². The number of rotatable bonds is 1. The maximum Gasteiger partial charge on any atom is 0.0694 e. The SMILES string of the molecule is CN1CC(O)CCN1SI. The van der Waals surface area contributed by atoms with Gasteiger partial charge in [0.25, 0.3) is 0 Å². The Kier molecular flexibility index (Phi) is 3.71. The molecule has 0 saturated carbocycles. The van der Waals surface area contributed by atoms with Gasteiger partial charge in [-0.1, -0.05) is 0 Å². The number of halogens is 1. The van der Waals surface area contributed by atoms with Crippen LogP contribution in [0.2, 0.25) is 0 Å². The van der Waals surface area contributed by atoms with E-state index in [1.54, 1.807) is 9.12 Å². The van der Waals surface area contributed by atoms with E-state index in [0.29, 0.717) is 0 Å². The normalized spacial score (nSPS) is 30.9. The molecule has 1 atom stereocenters. The second kappa shape index (κ2) is 4.10. The van der Waals surface area contributed by atoms with Crippen LogP contribution in [-0.4, -0.2) is 40.8 Å². The van der Waals surface area contributed by atoms with Crippen LogP contribution < -0.4 is 0 Å². The average Bonchev–Trinajstić information content (AvgIpc) is 1.88. The lowest BCUT2D eigenvalue weighted by molar-refractivity contribution is -0.00814. The topological polar surface area (TPSA) is 26.7 Å². The summed E-state index contributed by atoms with van der Waals surface area (Å²) >= 11 is 2.25. The molecule has 5 heteroatoms. The van der Waals surface area contributed by atoms with Crippen LogP contribution in [0.25, 0.3) is 0 Å². The van der Waals surface area contributed by atoms with Gasteiger partial charge in [0.15, 0.2) is 0 Å². The van der Waals surface area contributed by atoms with Gasteiger partial charge in [0.05, 0.1) is 6.10 Å². The molecule has 3 nitrogen and oxygen atoms in total. The van der Waals surface area contributed by atoms with Gasteiger partial charge in [0, 0.05) is 50.5 Å². The molecular weight excluding hydrogens is 263 g/mol. The quantitative estimate of drug-likeness (QED) is 0.567. The number of likely N-dealkylation sites (N-methyl/N-ethyl adjacent to an activating group) is 1. The highest BCUT2D eigenvalue weighted by atomic mass is 127. The first-order valence-corrected chi connectivity index (χ1v) is 6.51. The predicted molar refractivity (Wildman–Crippen MR) is 51.6 cm³/mol. The van der Waals surface area contributed by atoms with Gasteiger partial charge < -0.3 is 5.11 Å². The maximum atomic E-state index is 9.21. The summed E-state index contributed by atoms with van der Waals surface area (Å²) in [6.07, 6.45) is 0.755. The van der Waals surface area contributed by atoms with Crippen molar-refractivity contribution in [3.8, 4) is 0 Å². The second-order valence-electron chi connectivity index (χ2n) is 2.43. The molecule has 1 N–H and O–H groups in total. The van der Waals surface area contributed by atoms with Crippen molar-refractivity contribution in [2.24, 2.45) is 0 Å². The van der Waals surface area contributed by atoms with E-state index in [2.05, 4.69) is 25.6 Å². The first-order chi connectivity index (χ1) is 4.74. The fourth-order valence-corrected chi connectivity index (χ4v) is 2.84. The van der Waals surface area contributed by atoms with E-state index in [9.17, 15) is 5.11 Å². The molecule has 1 heterocycles. The Morgan fingerprint density at radius 1 is 1.70 bits per heavy atom. The smallest absolute Gasteiger partial charge is 0.0694 e. The monoisotopic (exact) mass is 274 g/mol. The van der Waals surface area contributed by atoms with Gasteiger partial charge in [-0.25, -0.2) is 5.01 Å². The second-order valence-corrected chi connectivity index (χ2v) is 4.17. The van der Waals surface area contributed by atoms with Gasteiger partial charge in [-0.05, 0) is 6.42 Å². The molecule has 1 aliphatic rings. The minimum absolute atomic E-state index is 0.134. The minimum atomic E-state index is -0.134. The van der Waals surface area contributed by atoms with Crippen LogP contribution >= 0.6 is 30.3 Å². The third kappa shape index (κ3) is 2.23. The summed E-state index contributed by atoms with van der Waals surface area (Å²) in [5.74, 6) is 0. The molecule has 10 heavy (non-hydrogen) atoms. The van der Waals surface area contributed by atoms with Crippen LogP contribution in [0.15, 0.2) is 0 Å². The zero-order valence-corrected chi connectivity index (χ0v) is 8.80. The maximum absolute atomic E-state index is 9.21. The van der Waals surface area contributed by atoms with Crippen LogP contribution in [0.1, 0.15) is 6.42 Å². The number of nitrogens with zero attached hydrogens (tertiary/aromatic N) is 2. The lowest BCUT2D eigenvalue weighted by Crippen LogP contribution is -2.45. The largest absolute Gasteiger partial charge is 0.392 e. The molecule has 1 unspecified atom stereocenters. The third-order valence-corrected chi connectivity index (χ3v) is 3.57. The lowest BCUT2D eigenvalue weighted by Gasteiger charge is -2.35. The van der Waals surface area contributed by atoms with E-state index in [1.165, 1.54) is 0 Å². The summed E-state index contributed by atoms with van der Waals surface area (Å²) < 4.78 is 2.15. The Morgan fingerprint density at radius 2 is 2.40 bits per heavy atom. The molecule has 1 saturated heterocycles. The van der Waals surface area contributed by atoms with E-state index in [0.717, 1.165) is 19.5 Å². The summed E-state index contributed by atoms with van der Waals surface area (Å²) in [5.41, 5.74) is 0. The lowest BCUT2D eigenvalue weighted by atomic mass is 10.2. The van der Waals surface area contributed by atoms with E-state index in [-0.39, 0.29) is 6.10 Å². The molecule has 1 fully saturated rings. The highest BCUT2D eigenvalue weighted by Gasteiger charge is 2.21. The fourth-order valence-electron chi connectivity index (χ4n) is 1.00. The summed E-state index contributed by atoms with van der Waals surface area (Å²) in [5, 5.41) is 11.3. The molecule has 1 aliphatic heterocycles. The van der Waals surface area contributed by atoms with Crippen molar-refractivity contribution in [3.05, 3.63) is 0 Å². The van der Waals surface area contributed by atoms with Crippen LogP contribution in [0, 0.1) is 0 Å². The highest BCUT2D eigenvalue weighted by Crippen LogP contribution is 2.23. The van der Waals surface area contributed by atoms with Gasteiger partial charge in [0.1, 0.15) is 0 Å². The third-order valence-electron chi connectivity index (χ3n) is 1.59. The van der Waals surface area contributed by atoms with Gasteiger partial charge in [-0.15, -0.1) is 0 Å². The molecule has 0 amide bonds. The summed E-state index contributed by atoms with van der Waals surface area (Å²) in [6.45, 7) is 1.71. The highest BCUT2D eigenvalue weighted by molar-refractivity contribution is 14.2. The van der Waals surface area contributed by atoms with E-state index < -0.39 is 0 Å². The summed E-state index contributed by atoms with van der Waals surface area (Å²) in [7, 11) is 3.67. The number of aliphatic hydroxyl groups is 1. The summed E-state index contributed by atoms with van der Waals surface area (Å²) in [6, 6.07) is 0. The number of aliphatic hydroxyl groups excluding tert-OH is 1. The van der Waals surface area contributed by atoms with E-state index in [1.807, 2.05) is 12.1 Å². The Balaban J connectivity index is 2.36. The van der Waals surface area contributed by atoms with Crippen molar-refractivity contribution in [2.45, 2.75) is 12.5 Å². The molecular formula is C5H11IN2OS. The first-order valence-electron chi connectivity index (χ1n) is 3.19. The molecule has 0 spiro atoms. The predicted octanol–water partition coefficient (Wildman–Crippen LogP) is 0.898. The van der Waals surface area contributed by atoms with Crippen LogP contribution in [0.3, 0.4) is 0 Å². The van der Waals surface area contributed by atoms with Crippen LogP contribution in [0.5, 0.6) is 0 Å². The van der Waals surface area contributed by atoms with Gasteiger partial charge >= 0.3 is 0 Å². The summed E-state index contributed by atoms with van der Waals surface area (Å²) in [4.78, 5) is 0. The molecule has 0 bridgehead atoms. The standard InChI is InChI=1S/C5H11IN2OS/c1-7-4-5(9)2-3-8(7)10-6/h5,9H,2-4H2,1H3. The van der Waals surface area contributed by atoms with Crippen molar-refractivity contribution >= 4 is 30.3 Å². The molecule has 1 rings (SSSR count). The molecule has 0 aromatic carbocycles. The Labute approximate surface area is 77.4 Å². The average molecular weight is 274 g/mol. The minimum Gasteiger partial charge on any atom is -0.392 e. The van der Waals surface area contributed by atoms with Gasteiger partial charge in [0.2, 0.25) is 0 Å². The zero-order valence-electron chi connectivity index (χ0n) is 5.83. The molecule has 60 valence electrons.